The molecule has 1 atom stereocenters. The standard InChI is InChI=1S/C14H17NO3/c16-14(13-6-3-8-17-13)15-7-9-18-12-5-2-1-4-11(12)10-15/h1-2,4-5,13H,3,6-10H2/t13-/m0/s1. The average molecular weight is 247 g/mol. The molecule has 96 valence electrons. The quantitative estimate of drug-likeness (QED) is 0.756. The minimum Gasteiger partial charge on any atom is -0.491 e. The number of nitrogens with zero attached hydrogens (tertiary/aromatic N) is 1. The molecule has 1 fully saturated rings. The molecule has 0 radical (unpaired) electrons. The molecule has 0 bridgehead atoms. The maximum Gasteiger partial charge on any atom is 0.252 e. The topological polar surface area (TPSA) is 38.8 Å². The summed E-state index contributed by atoms with van der Waals surface area (Å²) in [5.74, 6) is 0.993. The molecule has 0 unspecified atom stereocenters. The second-order valence-corrected chi connectivity index (χ2v) is 4.72. The van der Waals surface area contributed by atoms with Gasteiger partial charge in [0.25, 0.3) is 5.91 Å². The highest BCUT2D eigenvalue weighted by molar-refractivity contribution is 5.81. The van der Waals surface area contributed by atoms with Crippen LogP contribution in [0.4, 0.5) is 0 Å². The molecule has 2 heterocycles. The molecule has 0 aromatic heterocycles. The molecule has 4 nitrogen and oxygen atoms in total. The Morgan fingerprint density at radius 2 is 2.17 bits per heavy atom. The number of benzene rings is 1. The monoisotopic (exact) mass is 247 g/mol. The molecular weight excluding hydrogens is 230 g/mol. The van der Waals surface area contributed by atoms with Gasteiger partial charge in [-0.25, -0.2) is 0 Å². The number of fused-ring (bicyclic) bond motifs is 1. The predicted octanol–water partition coefficient (Wildman–Crippen LogP) is 1.59. The van der Waals surface area contributed by atoms with Crippen LogP contribution in [-0.2, 0) is 16.1 Å². The SMILES string of the molecule is O=C([C@@H]1CCCO1)N1CCOc2ccccc2C1. The maximum absolute atomic E-state index is 12.3. The van der Waals surface area contributed by atoms with Crippen molar-refractivity contribution >= 4 is 5.91 Å². The number of ether oxygens (including phenoxy) is 2. The van der Waals surface area contributed by atoms with Gasteiger partial charge >= 0.3 is 0 Å². The summed E-state index contributed by atoms with van der Waals surface area (Å²) in [5, 5.41) is 0. The van der Waals surface area contributed by atoms with Gasteiger partial charge in [-0.3, -0.25) is 4.79 Å². The first-order valence-electron chi connectivity index (χ1n) is 6.46. The average Bonchev–Trinajstić information content (AvgIpc) is 2.84. The number of carbonyl (C=O) groups excluding carboxylic acids is 1. The Kier molecular flexibility index (Phi) is 3.19. The van der Waals surface area contributed by atoms with E-state index in [0.29, 0.717) is 26.3 Å². The minimum atomic E-state index is -0.240. The van der Waals surface area contributed by atoms with Crippen LogP contribution in [0.5, 0.6) is 5.75 Å². The van der Waals surface area contributed by atoms with Crippen molar-refractivity contribution in [3.05, 3.63) is 29.8 Å². The van der Waals surface area contributed by atoms with E-state index in [1.54, 1.807) is 0 Å². The minimum absolute atomic E-state index is 0.104. The highest BCUT2D eigenvalue weighted by Gasteiger charge is 2.29. The molecule has 1 aromatic rings. The summed E-state index contributed by atoms with van der Waals surface area (Å²) < 4.78 is 11.1. The Bertz CT molecular complexity index is 440. The Hall–Kier alpha value is -1.55. The first-order chi connectivity index (χ1) is 8.84. The predicted molar refractivity (Wildman–Crippen MR) is 66.3 cm³/mol. The molecule has 1 amide bonds. The third-order valence-corrected chi connectivity index (χ3v) is 3.47. The van der Waals surface area contributed by atoms with E-state index in [0.717, 1.165) is 24.2 Å². The van der Waals surface area contributed by atoms with Crippen LogP contribution in [0.3, 0.4) is 0 Å². The van der Waals surface area contributed by atoms with Crippen LogP contribution in [0.1, 0.15) is 18.4 Å². The Morgan fingerprint density at radius 3 is 3.00 bits per heavy atom. The van der Waals surface area contributed by atoms with Crippen molar-refractivity contribution in [2.24, 2.45) is 0 Å². The van der Waals surface area contributed by atoms with Gasteiger partial charge in [-0.15, -0.1) is 0 Å². The van der Waals surface area contributed by atoms with Gasteiger partial charge in [0.2, 0.25) is 0 Å². The van der Waals surface area contributed by atoms with Crippen LogP contribution < -0.4 is 4.74 Å². The largest absolute Gasteiger partial charge is 0.491 e. The van der Waals surface area contributed by atoms with Gasteiger partial charge < -0.3 is 14.4 Å². The lowest BCUT2D eigenvalue weighted by atomic mass is 10.1. The summed E-state index contributed by atoms with van der Waals surface area (Å²) in [6.45, 7) is 2.51. The van der Waals surface area contributed by atoms with Crippen molar-refractivity contribution < 1.29 is 14.3 Å². The van der Waals surface area contributed by atoms with E-state index in [9.17, 15) is 4.79 Å². The first kappa shape index (κ1) is 11.5. The number of hydrogen-bond donors (Lipinski definition) is 0. The number of rotatable bonds is 1. The van der Waals surface area contributed by atoms with Gasteiger partial charge in [0.1, 0.15) is 18.5 Å². The number of amides is 1. The molecule has 2 aliphatic heterocycles. The molecular formula is C14H17NO3. The van der Waals surface area contributed by atoms with Gasteiger partial charge in [0.15, 0.2) is 0 Å². The summed E-state index contributed by atoms with van der Waals surface area (Å²) in [6, 6.07) is 7.89. The lowest BCUT2D eigenvalue weighted by Gasteiger charge is -2.22. The molecule has 18 heavy (non-hydrogen) atoms. The second-order valence-electron chi connectivity index (χ2n) is 4.72. The van der Waals surface area contributed by atoms with Crippen molar-refractivity contribution in [3.63, 3.8) is 0 Å². The molecule has 3 rings (SSSR count). The Balaban J connectivity index is 1.76. The van der Waals surface area contributed by atoms with Gasteiger partial charge in [-0.05, 0) is 18.9 Å². The molecule has 0 saturated carbocycles. The fourth-order valence-electron chi connectivity index (χ4n) is 2.49. The fourth-order valence-corrected chi connectivity index (χ4v) is 2.49. The number of para-hydroxylation sites is 1. The van der Waals surface area contributed by atoms with E-state index < -0.39 is 0 Å². The van der Waals surface area contributed by atoms with Crippen molar-refractivity contribution in [3.8, 4) is 5.75 Å². The third-order valence-electron chi connectivity index (χ3n) is 3.47. The van der Waals surface area contributed by atoms with Crippen LogP contribution in [0, 0.1) is 0 Å². The summed E-state index contributed by atoms with van der Waals surface area (Å²) in [7, 11) is 0. The zero-order chi connectivity index (χ0) is 12.4. The molecule has 2 aliphatic rings. The molecule has 1 aromatic carbocycles. The summed E-state index contributed by atoms with van der Waals surface area (Å²) in [5.41, 5.74) is 1.07. The zero-order valence-corrected chi connectivity index (χ0v) is 10.3. The lowest BCUT2D eigenvalue weighted by molar-refractivity contribution is -0.141. The lowest BCUT2D eigenvalue weighted by Crippen LogP contribution is -2.39. The second kappa shape index (κ2) is 4.98. The Morgan fingerprint density at radius 1 is 1.28 bits per heavy atom. The maximum atomic E-state index is 12.3. The van der Waals surface area contributed by atoms with Crippen LogP contribution in [-0.4, -0.2) is 36.7 Å². The highest BCUT2D eigenvalue weighted by Crippen LogP contribution is 2.24. The van der Waals surface area contributed by atoms with E-state index in [4.69, 9.17) is 9.47 Å². The van der Waals surface area contributed by atoms with Crippen LogP contribution in [0.15, 0.2) is 24.3 Å². The van der Waals surface area contributed by atoms with Gasteiger partial charge in [-0.2, -0.15) is 0 Å². The van der Waals surface area contributed by atoms with E-state index in [1.807, 2.05) is 29.2 Å². The van der Waals surface area contributed by atoms with Gasteiger partial charge in [-0.1, -0.05) is 18.2 Å². The molecule has 4 heteroatoms. The molecule has 0 spiro atoms. The third kappa shape index (κ3) is 2.20. The first-order valence-corrected chi connectivity index (χ1v) is 6.46. The van der Waals surface area contributed by atoms with Crippen molar-refractivity contribution in [1.82, 2.24) is 4.90 Å². The van der Waals surface area contributed by atoms with Crippen molar-refractivity contribution in [1.29, 1.82) is 0 Å². The summed E-state index contributed by atoms with van der Waals surface area (Å²) in [4.78, 5) is 14.2. The number of carbonyl (C=O) groups is 1. The summed E-state index contributed by atoms with van der Waals surface area (Å²) in [6.07, 6.45) is 1.59. The van der Waals surface area contributed by atoms with E-state index in [2.05, 4.69) is 0 Å². The van der Waals surface area contributed by atoms with E-state index in [1.165, 1.54) is 0 Å². The number of hydrogen-bond acceptors (Lipinski definition) is 3. The fraction of sp³-hybridized carbons (Fsp3) is 0.500. The van der Waals surface area contributed by atoms with Crippen LogP contribution in [0.25, 0.3) is 0 Å². The highest BCUT2D eigenvalue weighted by atomic mass is 16.5. The zero-order valence-electron chi connectivity index (χ0n) is 10.3. The molecule has 0 aliphatic carbocycles. The van der Waals surface area contributed by atoms with Gasteiger partial charge in [0, 0.05) is 18.7 Å². The van der Waals surface area contributed by atoms with Crippen molar-refractivity contribution in [2.45, 2.75) is 25.5 Å². The smallest absolute Gasteiger partial charge is 0.252 e. The van der Waals surface area contributed by atoms with Crippen LogP contribution in [0.2, 0.25) is 0 Å². The van der Waals surface area contributed by atoms with Crippen molar-refractivity contribution in [2.75, 3.05) is 19.8 Å². The summed E-state index contributed by atoms with van der Waals surface area (Å²) >= 11 is 0. The van der Waals surface area contributed by atoms with Gasteiger partial charge in [0.05, 0.1) is 6.54 Å². The van der Waals surface area contributed by atoms with E-state index in [-0.39, 0.29) is 12.0 Å². The Labute approximate surface area is 106 Å². The molecule has 0 N–H and O–H groups in total. The molecule has 1 saturated heterocycles. The van der Waals surface area contributed by atoms with E-state index >= 15 is 0 Å². The normalized spacial score (nSPS) is 23.1. The van der Waals surface area contributed by atoms with Crippen LogP contribution >= 0.6 is 0 Å².